The van der Waals surface area contributed by atoms with Crippen LogP contribution in [-0.4, -0.2) is 70.8 Å². The van der Waals surface area contributed by atoms with Crippen molar-refractivity contribution in [3.05, 3.63) is 41.9 Å². The molecule has 0 saturated carbocycles. The van der Waals surface area contributed by atoms with Crippen LogP contribution < -0.4 is 20.3 Å². The van der Waals surface area contributed by atoms with Gasteiger partial charge < -0.3 is 30.4 Å². The molecule has 1 fully saturated rings. The topological polar surface area (TPSA) is 128 Å². The van der Waals surface area contributed by atoms with Crippen LogP contribution in [0.1, 0.15) is 10.4 Å². The van der Waals surface area contributed by atoms with Crippen molar-refractivity contribution in [1.82, 2.24) is 30.6 Å². The van der Waals surface area contributed by atoms with Gasteiger partial charge >= 0.3 is 0 Å². The molecule has 1 saturated heterocycles. The van der Waals surface area contributed by atoms with Gasteiger partial charge in [-0.05, 0) is 30.0 Å². The van der Waals surface area contributed by atoms with Crippen molar-refractivity contribution < 1.29 is 14.6 Å². The lowest BCUT2D eigenvalue weighted by molar-refractivity contribution is 0.0942. The molecule has 0 radical (unpaired) electrons. The van der Waals surface area contributed by atoms with E-state index in [1.54, 1.807) is 18.5 Å². The Labute approximate surface area is 178 Å². The lowest BCUT2D eigenvalue weighted by Crippen LogP contribution is -2.26. The number of benzene rings is 1. The van der Waals surface area contributed by atoms with Crippen LogP contribution in [0.2, 0.25) is 0 Å². The molecule has 0 aliphatic carbocycles. The molecule has 2 aliphatic rings. The molecule has 1 aromatic carbocycles. The average Bonchev–Trinajstić information content (AvgIpc) is 3.52. The number of rotatable bonds is 6. The second kappa shape index (κ2) is 7.88. The van der Waals surface area contributed by atoms with E-state index < -0.39 is 0 Å². The first-order valence-electron chi connectivity index (χ1n) is 10.1. The highest BCUT2D eigenvalue weighted by molar-refractivity contribution is 5.99. The number of aliphatic hydroxyl groups excluding tert-OH is 1. The van der Waals surface area contributed by atoms with E-state index in [-0.39, 0.29) is 19.1 Å². The van der Waals surface area contributed by atoms with Gasteiger partial charge in [-0.1, -0.05) is 0 Å². The third kappa shape index (κ3) is 3.44. The highest BCUT2D eigenvalue weighted by Gasteiger charge is 2.32. The van der Waals surface area contributed by atoms with Gasteiger partial charge in [0.05, 0.1) is 25.6 Å². The van der Waals surface area contributed by atoms with Crippen molar-refractivity contribution in [2.24, 2.45) is 5.92 Å². The van der Waals surface area contributed by atoms with Gasteiger partial charge in [-0.25, -0.2) is 9.97 Å². The average molecular weight is 421 g/mol. The van der Waals surface area contributed by atoms with E-state index in [4.69, 9.17) is 14.8 Å². The van der Waals surface area contributed by atoms with Crippen LogP contribution in [-0.2, 0) is 0 Å². The Bertz CT molecular complexity index is 1170. The van der Waals surface area contributed by atoms with Crippen LogP contribution in [0.5, 0.6) is 5.75 Å². The summed E-state index contributed by atoms with van der Waals surface area (Å²) in [6, 6.07) is 5.34. The molecule has 4 heterocycles. The Hall–Kier alpha value is -3.66. The standard InChI is InChI=1S/C21H23N7O3/c1-31-16-3-2-12(6-15(16)20(30)23-4-5-29)17-18-19(25-11-24-18)27-21(26-17)28-9-13-7-22-8-14(13)10-28/h2-3,6-7,11,14,22,29H,4-5,8-10H2,1H3,(H,23,30)(H,24,25,26,27). The second-order valence-corrected chi connectivity index (χ2v) is 7.57. The van der Waals surface area contributed by atoms with Gasteiger partial charge in [0, 0.05) is 37.7 Å². The monoisotopic (exact) mass is 421 g/mol. The Morgan fingerprint density at radius 1 is 1.39 bits per heavy atom. The summed E-state index contributed by atoms with van der Waals surface area (Å²) in [5.74, 6) is 1.22. The first-order valence-corrected chi connectivity index (χ1v) is 10.1. The lowest BCUT2D eigenvalue weighted by Gasteiger charge is -2.17. The van der Waals surface area contributed by atoms with Gasteiger partial charge in [-0.3, -0.25) is 4.79 Å². The number of imidazole rings is 1. The van der Waals surface area contributed by atoms with Gasteiger partial charge in [-0.15, -0.1) is 0 Å². The predicted molar refractivity (Wildman–Crippen MR) is 115 cm³/mol. The van der Waals surface area contributed by atoms with Crippen LogP contribution in [0.15, 0.2) is 36.3 Å². The number of fused-ring (bicyclic) bond motifs is 2. The maximum atomic E-state index is 12.6. The summed E-state index contributed by atoms with van der Waals surface area (Å²) < 4.78 is 5.36. The van der Waals surface area contributed by atoms with E-state index in [1.165, 1.54) is 12.7 Å². The van der Waals surface area contributed by atoms with Crippen molar-refractivity contribution in [2.75, 3.05) is 44.8 Å². The smallest absolute Gasteiger partial charge is 0.255 e. The summed E-state index contributed by atoms with van der Waals surface area (Å²) >= 11 is 0. The van der Waals surface area contributed by atoms with Crippen molar-refractivity contribution in [1.29, 1.82) is 0 Å². The summed E-state index contributed by atoms with van der Waals surface area (Å²) in [5, 5.41) is 15.0. The molecule has 10 heteroatoms. The minimum Gasteiger partial charge on any atom is -0.496 e. The molecule has 10 nitrogen and oxygen atoms in total. The number of aromatic amines is 1. The van der Waals surface area contributed by atoms with Gasteiger partial charge in [0.2, 0.25) is 5.95 Å². The molecule has 3 aromatic rings. The number of aliphatic hydroxyl groups is 1. The first kappa shape index (κ1) is 19.3. The Balaban J connectivity index is 1.57. The molecule has 2 aliphatic heterocycles. The third-order valence-electron chi connectivity index (χ3n) is 5.66. The zero-order valence-corrected chi connectivity index (χ0v) is 17.1. The number of carbonyl (C=O) groups excluding carboxylic acids is 1. The first-order chi connectivity index (χ1) is 15.2. The summed E-state index contributed by atoms with van der Waals surface area (Å²) in [6.45, 7) is 2.60. The second-order valence-electron chi connectivity index (χ2n) is 7.57. The summed E-state index contributed by atoms with van der Waals surface area (Å²) in [5.41, 5.74) is 4.42. The number of carbonyl (C=O) groups is 1. The molecule has 31 heavy (non-hydrogen) atoms. The molecule has 1 amide bonds. The van der Waals surface area contributed by atoms with E-state index in [1.807, 2.05) is 6.07 Å². The fourth-order valence-corrected chi connectivity index (χ4v) is 4.11. The maximum Gasteiger partial charge on any atom is 0.255 e. The number of hydrogen-bond donors (Lipinski definition) is 4. The van der Waals surface area contributed by atoms with Crippen LogP contribution >= 0.6 is 0 Å². The third-order valence-corrected chi connectivity index (χ3v) is 5.66. The number of nitrogens with zero attached hydrogens (tertiary/aromatic N) is 4. The van der Waals surface area contributed by atoms with E-state index in [9.17, 15) is 4.79 Å². The summed E-state index contributed by atoms with van der Waals surface area (Å²) in [7, 11) is 1.52. The summed E-state index contributed by atoms with van der Waals surface area (Å²) in [6.07, 6.45) is 3.68. The van der Waals surface area contributed by atoms with Crippen molar-refractivity contribution in [3.8, 4) is 17.0 Å². The quantitative estimate of drug-likeness (QED) is 0.457. The molecule has 160 valence electrons. The number of amides is 1. The van der Waals surface area contributed by atoms with E-state index >= 15 is 0 Å². The normalized spacial score (nSPS) is 17.4. The number of anilines is 1. The van der Waals surface area contributed by atoms with E-state index in [2.05, 4.69) is 36.7 Å². The zero-order valence-electron chi connectivity index (χ0n) is 17.1. The van der Waals surface area contributed by atoms with Crippen molar-refractivity contribution in [3.63, 3.8) is 0 Å². The zero-order chi connectivity index (χ0) is 21.4. The molecule has 5 rings (SSSR count). The minimum atomic E-state index is -0.324. The van der Waals surface area contributed by atoms with Gasteiger partial charge in [0.1, 0.15) is 17.0 Å². The SMILES string of the molecule is COc1ccc(-c2nc(N3CC4=CNCC4C3)nc3nc[nH]c23)cc1C(=O)NCCO. The number of methoxy groups -OCH3 is 1. The molecule has 4 N–H and O–H groups in total. The van der Waals surface area contributed by atoms with Crippen molar-refractivity contribution >= 4 is 23.0 Å². The van der Waals surface area contributed by atoms with E-state index in [0.29, 0.717) is 40.0 Å². The molecule has 2 aromatic heterocycles. The highest BCUT2D eigenvalue weighted by atomic mass is 16.5. The number of H-pyrrole nitrogens is 1. The van der Waals surface area contributed by atoms with Crippen molar-refractivity contribution in [2.45, 2.75) is 0 Å². The minimum absolute atomic E-state index is 0.138. The number of hydrogen-bond acceptors (Lipinski definition) is 8. The fourth-order valence-electron chi connectivity index (χ4n) is 4.11. The fraction of sp³-hybridized carbons (Fsp3) is 0.333. The molecular formula is C21H23N7O3. The highest BCUT2D eigenvalue weighted by Crippen LogP contribution is 2.33. The van der Waals surface area contributed by atoms with Gasteiger partial charge in [-0.2, -0.15) is 4.98 Å². The lowest BCUT2D eigenvalue weighted by atomic mass is 10.1. The van der Waals surface area contributed by atoms with Crippen LogP contribution in [0, 0.1) is 5.92 Å². The summed E-state index contributed by atoms with van der Waals surface area (Å²) in [4.78, 5) is 31.7. The van der Waals surface area contributed by atoms with Gasteiger partial charge in [0.25, 0.3) is 5.91 Å². The van der Waals surface area contributed by atoms with Crippen LogP contribution in [0.4, 0.5) is 5.95 Å². The van der Waals surface area contributed by atoms with Crippen LogP contribution in [0.25, 0.3) is 22.4 Å². The largest absolute Gasteiger partial charge is 0.496 e. The number of aromatic nitrogens is 4. The molecule has 1 unspecified atom stereocenters. The Morgan fingerprint density at radius 3 is 3.10 bits per heavy atom. The maximum absolute atomic E-state index is 12.6. The molecule has 0 bridgehead atoms. The number of nitrogens with one attached hydrogen (secondary N) is 3. The molecule has 0 spiro atoms. The molecular weight excluding hydrogens is 398 g/mol. The van der Waals surface area contributed by atoms with E-state index in [0.717, 1.165) is 25.2 Å². The molecule has 1 atom stereocenters. The Morgan fingerprint density at radius 2 is 2.29 bits per heavy atom. The number of ether oxygens (including phenoxy) is 1. The van der Waals surface area contributed by atoms with Gasteiger partial charge in [0.15, 0.2) is 5.65 Å². The van der Waals surface area contributed by atoms with Crippen LogP contribution in [0.3, 0.4) is 0 Å². The Kier molecular flexibility index (Phi) is 4.91. The predicted octanol–water partition coefficient (Wildman–Crippen LogP) is 0.674.